The Labute approximate surface area is 96.2 Å². The summed E-state index contributed by atoms with van der Waals surface area (Å²) >= 11 is 1.73. The van der Waals surface area contributed by atoms with E-state index in [0.717, 1.165) is 25.3 Å². The molecule has 1 saturated heterocycles. The van der Waals surface area contributed by atoms with Gasteiger partial charge in [0.1, 0.15) is 0 Å². The molecule has 0 aliphatic carbocycles. The smallest absolute Gasteiger partial charge is 0.279 e. The van der Waals surface area contributed by atoms with Crippen molar-refractivity contribution in [3.63, 3.8) is 0 Å². The lowest BCUT2D eigenvalue weighted by Crippen LogP contribution is -2.50. The molecule has 1 aliphatic rings. The van der Waals surface area contributed by atoms with Gasteiger partial charge in [-0.3, -0.25) is 0 Å². The van der Waals surface area contributed by atoms with Crippen molar-refractivity contribution in [1.82, 2.24) is 14.3 Å². The Hall–Kier alpha value is 0.180. The topological polar surface area (TPSA) is 61.4 Å². The van der Waals surface area contributed by atoms with Gasteiger partial charge in [-0.15, -0.1) is 0 Å². The zero-order valence-corrected chi connectivity index (χ0v) is 10.7. The number of piperazine rings is 1. The van der Waals surface area contributed by atoms with E-state index < -0.39 is 10.2 Å². The van der Waals surface area contributed by atoms with Crippen LogP contribution in [0.15, 0.2) is 0 Å². The molecule has 0 aromatic heterocycles. The van der Waals surface area contributed by atoms with E-state index in [1.54, 1.807) is 11.8 Å². The maximum atomic E-state index is 11.7. The molecule has 1 heterocycles. The van der Waals surface area contributed by atoms with Gasteiger partial charge >= 0.3 is 0 Å². The van der Waals surface area contributed by atoms with E-state index in [4.69, 9.17) is 0 Å². The molecule has 15 heavy (non-hydrogen) atoms. The number of nitrogens with one attached hydrogen (secondary N) is 2. The van der Waals surface area contributed by atoms with Gasteiger partial charge in [-0.05, 0) is 18.4 Å². The fourth-order valence-corrected chi connectivity index (χ4v) is 3.07. The molecule has 0 saturated carbocycles. The predicted molar refractivity (Wildman–Crippen MR) is 64.4 cm³/mol. The van der Waals surface area contributed by atoms with Crippen LogP contribution in [0.2, 0.25) is 0 Å². The molecule has 5 nitrogen and oxygen atoms in total. The van der Waals surface area contributed by atoms with Gasteiger partial charge in [0.15, 0.2) is 0 Å². The van der Waals surface area contributed by atoms with E-state index in [0.29, 0.717) is 19.6 Å². The van der Waals surface area contributed by atoms with Crippen LogP contribution in [0.25, 0.3) is 0 Å². The minimum absolute atomic E-state index is 0.535. The third kappa shape index (κ3) is 4.69. The average molecular weight is 253 g/mol. The lowest BCUT2D eigenvalue weighted by molar-refractivity contribution is 0.355. The first-order valence-corrected chi connectivity index (χ1v) is 7.94. The highest BCUT2D eigenvalue weighted by molar-refractivity contribution is 7.98. The Morgan fingerprint density at radius 3 is 2.67 bits per heavy atom. The summed E-state index contributed by atoms with van der Waals surface area (Å²) in [6.45, 7) is 3.15. The molecular weight excluding hydrogens is 234 g/mol. The quantitative estimate of drug-likeness (QED) is 0.625. The lowest BCUT2D eigenvalue weighted by Gasteiger charge is -2.26. The fourth-order valence-electron chi connectivity index (χ4n) is 1.39. The third-order valence-corrected chi connectivity index (χ3v) is 4.54. The van der Waals surface area contributed by atoms with Crippen molar-refractivity contribution in [1.29, 1.82) is 0 Å². The van der Waals surface area contributed by atoms with E-state index in [2.05, 4.69) is 10.0 Å². The van der Waals surface area contributed by atoms with Gasteiger partial charge in [0.2, 0.25) is 0 Å². The van der Waals surface area contributed by atoms with Gasteiger partial charge in [-0.2, -0.15) is 24.5 Å². The standard InChI is InChI=1S/C8H19N3O2S2/c1-14-8-2-3-10-15(12,13)11-6-4-9-5-7-11/h9-10H,2-8H2,1H3. The van der Waals surface area contributed by atoms with Gasteiger partial charge in [0, 0.05) is 32.7 Å². The van der Waals surface area contributed by atoms with Crippen LogP contribution in [0.1, 0.15) is 6.42 Å². The largest absolute Gasteiger partial charge is 0.314 e. The van der Waals surface area contributed by atoms with Crippen LogP contribution in [0.4, 0.5) is 0 Å². The van der Waals surface area contributed by atoms with Crippen LogP contribution < -0.4 is 10.0 Å². The number of hydrogen-bond acceptors (Lipinski definition) is 4. The first-order valence-electron chi connectivity index (χ1n) is 5.11. The summed E-state index contributed by atoms with van der Waals surface area (Å²) in [5.41, 5.74) is 0. The van der Waals surface area contributed by atoms with Crippen LogP contribution in [-0.4, -0.2) is 57.5 Å². The Morgan fingerprint density at radius 2 is 2.07 bits per heavy atom. The first-order chi connectivity index (χ1) is 7.17. The number of rotatable bonds is 6. The normalized spacial score (nSPS) is 19.3. The Kier molecular flexibility index (Phi) is 5.91. The highest BCUT2D eigenvalue weighted by Crippen LogP contribution is 2.00. The Bertz CT molecular complexity index is 263. The monoisotopic (exact) mass is 253 g/mol. The molecule has 0 aromatic rings. The van der Waals surface area contributed by atoms with Crippen LogP contribution in [0.3, 0.4) is 0 Å². The summed E-state index contributed by atoms with van der Waals surface area (Å²) < 4.78 is 27.6. The number of nitrogens with zero attached hydrogens (tertiary/aromatic N) is 1. The SMILES string of the molecule is CSCCCNS(=O)(=O)N1CCNCC1. The number of hydrogen-bond donors (Lipinski definition) is 2. The molecule has 90 valence electrons. The Morgan fingerprint density at radius 1 is 1.40 bits per heavy atom. The van der Waals surface area contributed by atoms with Gasteiger partial charge in [0.05, 0.1) is 0 Å². The van der Waals surface area contributed by atoms with Crippen LogP contribution in [0.5, 0.6) is 0 Å². The second-order valence-corrected chi connectivity index (χ2v) is 6.14. The zero-order valence-electron chi connectivity index (χ0n) is 9.03. The molecule has 1 fully saturated rings. The van der Waals surface area contributed by atoms with Crippen molar-refractivity contribution < 1.29 is 8.42 Å². The zero-order chi connectivity index (χ0) is 11.1. The molecule has 1 rings (SSSR count). The van der Waals surface area contributed by atoms with E-state index in [9.17, 15) is 8.42 Å². The van der Waals surface area contributed by atoms with E-state index >= 15 is 0 Å². The van der Waals surface area contributed by atoms with E-state index in [1.165, 1.54) is 4.31 Å². The number of thioether (sulfide) groups is 1. The fraction of sp³-hybridized carbons (Fsp3) is 1.00. The molecule has 7 heteroatoms. The van der Waals surface area contributed by atoms with Crippen molar-refractivity contribution in [2.45, 2.75) is 6.42 Å². The van der Waals surface area contributed by atoms with Crippen molar-refractivity contribution in [2.75, 3.05) is 44.7 Å². The molecule has 0 spiro atoms. The average Bonchev–Trinajstić information content (AvgIpc) is 2.26. The summed E-state index contributed by atoms with van der Waals surface area (Å²) in [4.78, 5) is 0. The van der Waals surface area contributed by atoms with E-state index in [-0.39, 0.29) is 0 Å². The second-order valence-electron chi connectivity index (χ2n) is 3.39. The molecule has 0 unspecified atom stereocenters. The van der Waals surface area contributed by atoms with Crippen LogP contribution in [-0.2, 0) is 10.2 Å². The molecular formula is C8H19N3O2S2. The van der Waals surface area contributed by atoms with Crippen LogP contribution in [0, 0.1) is 0 Å². The minimum Gasteiger partial charge on any atom is -0.314 e. The maximum Gasteiger partial charge on any atom is 0.279 e. The second kappa shape index (κ2) is 6.70. The van der Waals surface area contributed by atoms with Crippen molar-refractivity contribution in [3.05, 3.63) is 0 Å². The molecule has 0 atom stereocenters. The maximum absolute atomic E-state index is 11.7. The van der Waals surface area contributed by atoms with Crippen molar-refractivity contribution in [3.8, 4) is 0 Å². The summed E-state index contributed by atoms with van der Waals surface area (Å²) in [7, 11) is -3.23. The molecule has 0 amide bonds. The molecule has 1 aliphatic heterocycles. The lowest BCUT2D eigenvalue weighted by atomic mass is 10.4. The highest BCUT2D eigenvalue weighted by Gasteiger charge is 2.22. The summed E-state index contributed by atoms with van der Waals surface area (Å²) in [6, 6.07) is 0. The van der Waals surface area contributed by atoms with Gasteiger partial charge < -0.3 is 5.32 Å². The minimum atomic E-state index is -3.23. The third-order valence-electron chi connectivity index (χ3n) is 2.23. The summed E-state index contributed by atoms with van der Waals surface area (Å²) in [5.74, 6) is 0.990. The van der Waals surface area contributed by atoms with Crippen LogP contribution >= 0.6 is 11.8 Å². The highest BCUT2D eigenvalue weighted by atomic mass is 32.2. The van der Waals surface area contributed by atoms with Gasteiger partial charge in [-0.1, -0.05) is 0 Å². The molecule has 0 aromatic carbocycles. The van der Waals surface area contributed by atoms with Crippen molar-refractivity contribution in [2.24, 2.45) is 0 Å². The molecule has 0 radical (unpaired) electrons. The van der Waals surface area contributed by atoms with E-state index in [1.807, 2.05) is 6.26 Å². The Balaban J connectivity index is 2.30. The summed E-state index contributed by atoms with van der Waals surface area (Å²) in [6.07, 6.45) is 2.90. The molecule has 0 bridgehead atoms. The summed E-state index contributed by atoms with van der Waals surface area (Å²) in [5, 5.41) is 3.13. The van der Waals surface area contributed by atoms with Gasteiger partial charge in [0.25, 0.3) is 10.2 Å². The molecule has 2 N–H and O–H groups in total. The first kappa shape index (κ1) is 13.2. The van der Waals surface area contributed by atoms with Gasteiger partial charge in [-0.25, -0.2) is 4.72 Å². The van der Waals surface area contributed by atoms with Crippen molar-refractivity contribution >= 4 is 22.0 Å². The predicted octanol–water partition coefficient (Wildman–Crippen LogP) is -0.521.